The van der Waals surface area contributed by atoms with Crippen LogP contribution in [-0.2, 0) is 13.2 Å². The molecule has 0 bridgehead atoms. The molecule has 5 heteroatoms. The van der Waals surface area contributed by atoms with Gasteiger partial charge in [0.1, 0.15) is 12.4 Å². The summed E-state index contributed by atoms with van der Waals surface area (Å²) in [6.45, 7) is 0.788. The lowest BCUT2D eigenvalue weighted by molar-refractivity contribution is 0.298. The van der Waals surface area contributed by atoms with Crippen LogP contribution in [0.15, 0.2) is 36.4 Å². The summed E-state index contributed by atoms with van der Waals surface area (Å²) in [4.78, 5) is 4.26. The largest absolute Gasteiger partial charge is 0.486 e. The van der Waals surface area contributed by atoms with Crippen molar-refractivity contribution in [1.82, 2.24) is 4.98 Å². The predicted molar refractivity (Wildman–Crippen MR) is 74.5 cm³/mol. The fourth-order valence-electron chi connectivity index (χ4n) is 1.59. The van der Waals surface area contributed by atoms with E-state index >= 15 is 0 Å². The van der Waals surface area contributed by atoms with E-state index in [-0.39, 0.29) is 0 Å². The van der Waals surface area contributed by atoms with E-state index in [1.54, 1.807) is 19.2 Å². The number of rotatable bonds is 5. The number of pyridine rings is 1. The number of hydrogen-bond acceptors (Lipinski definition) is 4. The second-order valence-electron chi connectivity index (χ2n) is 3.93. The minimum Gasteiger partial charge on any atom is -0.486 e. The van der Waals surface area contributed by atoms with Gasteiger partial charge in [-0.2, -0.15) is 0 Å². The van der Waals surface area contributed by atoms with Gasteiger partial charge in [0.05, 0.1) is 17.8 Å². The van der Waals surface area contributed by atoms with Crippen LogP contribution in [-0.4, -0.2) is 12.1 Å². The third kappa shape index (κ3) is 3.59. The normalized spacial score (nSPS) is 10.3. The average molecular weight is 279 g/mol. The molecule has 0 radical (unpaired) electrons. The van der Waals surface area contributed by atoms with Crippen molar-refractivity contribution in [1.29, 1.82) is 0 Å². The van der Waals surface area contributed by atoms with E-state index in [0.29, 0.717) is 29.8 Å². The third-order valence-corrected chi connectivity index (χ3v) is 2.89. The van der Waals surface area contributed by atoms with Crippen LogP contribution in [0.25, 0.3) is 0 Å². The van der Waals surface area contributed by atoms with Crippen molar-refractivity contribution in [2.45, 2.75) is 13.2 Å². The molecule has 2 rings (SSSR count). The van der Waals surface area contributed by atoms with Crippen molar-refractivity contribution >= 4 is 11.6 Å². The molecule has 2 aromatic rings. The first-order chi connectivity index (χ1) is 9.22. The second-order valence-corrected chi connectivity index (χ2v) is 4.34. The van der Waals surface area contributed by atoms with E-state index in [9.17, 15) is 0 Å². The number of ether oxygens (including phenoxy) is 2. The Morgan fingerprint density at radius 1 is 1.26 bits per heavy atom. The van der Waals surface area contributed by atoms with Gasteiger partial charge in [0.25, 0.3) is 0 Å². The lowest BCUT2D eigenvalue weighted by atomic mass is 10.2. The summed E-state index contributed by atoms with van der Waals surface area (Å²) < 4.78 is 10.7. The maximum absolute atomic E-state index is 6.11. The molecule has 100 valence electrons. The van der Waals surface area contributed by atoms with Gasteiger partial charge in [0, 0.05) is 12.6 Å². The first kappa shape index (κ1) is 13.6. The van der Waals surface area contributed by atoms with Crippen LogP contribution >= 0.6 is 11.6 Å². The minimum absolute atomic E-state index is 0.332. The van der Waals surface area contributed by atoms with E-state index in [1.165, 1.54) is 0 Å². The number of benzene rings is 1. The Kier molecular flexibility index (Phi) is 4.60. The Morgan fingerprint density at radius 3 is 2.79 bits per heavy atom. The van der Waals surface area contributed by atoms with E-state index in [2.05, 4.69) is 4.98 Å². The zero-order valence-corrected chi connectivity index (χ0v) is 11.4. The van der Waals surface area contributed by atoms with Crippen molar-refractivity contribution in [3.63, 3.8) is 0 Å². The summed E-state index contributed by atoms with van der Waals surface area (Å²) in [7, 11) is 1.58. The SMILES string of the molecule is COc1cccc(COc2ccc(CN)cc2Cl)n1. The first-order valence-electron chi connectivity index (χ1n) is 5.84. The first-order valence-corrected chi connectivity index (χ1v) is 6.22. The Bertz CT molecular complexity index is 561. The summed E-state index contributed by atoms with van der Waals surface area (Å²) in [6.07, 6.45) is 0. The molecule has 0 aliphatic rings. The molecule has 0 aliphatic carbocycles. The maximum Gasteiger partial charge on any atom is 0.213 e. The maximum atomic E-state index is 6.11. The number of nitrogens with two attached hydrogens (primary N) is 1. The lowest BCUT2D eigenvalue weighted by Crippen LogP contribution is -2.01. The van der Waals surface area contributed by atoms with Gasteiger partial charge in [-0.25, -0.2) is 4.98 Å². The molecule has 1 heterocycles. The highest BCUT2D eigenvalue weighted by molar-refractivity contribution is 6.32. The standard InChI is InChI=1S/C14H15ClN2O2/c1-18-14-4-2-3-11(17-14)9-19-13-6-5-10(8-16)7-12(13)15/h2-7H,8-9,16H2,1H3. The molecule has 0 saturated heterocycles. The summed E-state index contributed by atoms with van der Waals surface area (Å²) in [5, 5.41) is 0.547. The van der Waals surface area contributed by atoms with Gasteiger partial charge in [0.15, 0.2) is 0 Å². The van der Waals surface area contributed by atoms with Crippen molar-refractivity contribution < 1.29 is 9.47 Å². The topological polar surface area (TPSA) is 57.4 Å². The zero-order valence-electron chi connectivity index (χ0n) is 10.6. The van der Waals surface area contributed by atoms with Gasteiger partial charge >= 0.3 is 0 Å². The molecule has 0 aliphatic heterocycles. The van der Waals surface area contributed by atoms with Gasteiger partial charge in [0.2, 0.25) is 5.88 Å². The number of aromatic nitrogens is 1. The smallest absolute Gasteiger partial charge is 0.213 e. The molecular weight excluding hydrogens is 264 g/mol. The molecule has 0 fully saturated rings. The summed E-state index contributed by atoms with van der Waals surface area (Å²) in [5.41, 5.74) is 7.29. The summed E-state index contributed by atoms with van der Waals surface area (Å²) >= 11 is 6.11. The average Bonchev–Trinajstić information content (AvgIpc) is 2.46. The molecule has 1 aromatic heterocycles. The second kappa shape index (κ2) is 6.41. The van der Waals surface area contributed by atoms with E-state index in [0.717, 1.165) is 11.3 Å². The zero-order chi connectivity index (χ0) is 13.7. The Labute approximate surface area is 117 Å². The summed E-state index contributed by atoms with van der Waals surface area (Å²) in [6, 6.07) is 11.0. The third-order valence-electron chi connectivity index (χ3n) is 2.60. The molecule has 0 spiro atoms. The van der Waals surface area contributed by atoms with Crippen LogP contribution in [0.2, 0.25) is 5.02 Å². The molecule has 0 atom stereocenters. The highest BCUT2D eigenvalue weighted by Crippen LogP contribution is 2.26. The molecule has 0 amide bonds. The molecule has 4 nitrogen and oxygen atoms in total. The van der Waals surface area contributed by atoms with Crippen molar-refractivity contribution in [2.75, 3.05) is 7.11 Å². The van der Waals surface area contributed by atoms with E-state index < -0.39 is 0 Å². The van der Waals surface area contributed by atoms with Crippen molar-refractivity contribution in [3.8, 4) is 11.6 Å². The molecule has 1 aromatic carbocycles. The van der Waals surface area contributed by atoms with Gasteiger partial charge < -0.3 is 15.2 Å². The van der Waals surface area contributed by atoms with Crippen molar-refractivity contribution in [3.05, 3.63) is 52.7 Å². The van der Waals surface area contributed by atoms with Crippen LogP contribution in [0.1, 0.15) is 11.3 Å². The Morgan fingerprint density at radius 2 is 2.11 bits per heavy atom. The fraction of sp³-hybridized carbons (Fsp3) is 0.214. The van der Waals surface area contributed by atoms with Crippen LogP contribution in [0.5, 0.6) is 11.6 Å². The molecule has 19 heavy (non-hydrogen) atoms. The highest BCUT2D eigenvalue weighted by Gasteiger charge is 2.04. The summed E-state index contributed by atoms with van der Waals surface area (Å²) in [5.74, 6) is 1.18. The Balaban J connectivity index is 2.05. The monoisotopic (exact) mass is 278 g/mol. The van der Waals surface area contributed by atoms with Crippen LogP contribution in [0, 0.1) is 0 Å². The van der Waals surface area contributed by atoms with Gasteiger partial charge in [-0.3, -0.25) is 0 Å². The molecular formula is C14H15ClN2O2. The fourth-order valence-corrected chi connectivity index (χ4v) is 1.85. The lowest BCUT2D eigenvalue weighted by Gasteiger charge is -2.09. The molecule has 0 saturated carbocycles. The van der Waals surface area contributed by atoms with Crippen LogP contribution in [0.4, 0.5) is 0 Å². The molecule has 0 unspecified atom stereocenters. The predicted octanol–water partition coefficient (Wildman–Crippen LogP) is 2.78. The number of methoxy groups -OCH3 is 1. The van der Waals surface area contributed by atoms with Gasteiger partial charge in [-0.05, 0) is 23.8 Å². The van der Waals surface area contributed by atoms with Crippen molar-refractivity contribution in [2.24, 2.45) is 5.73 Å². The van der Waals surface area contributed by atoms with Crippen LogP contribution in [0.3, 0.4) is 0 Å². The quantitative estimate of drug-likeness (QED) is 0.914. The highest BCUT2D eigenvalue weighted by atomic mass is 35.5. The Hall–Kier alpha value is -1.78. The number of halogens is 1. The minimum atomic E-state index is 0.332. The van der Waals surface area contributed by atoms with E-state index in [1.807, 2.05) is 24.3 Å². The van der Waals surface area contributed by atoms with Crippen LogP contribution < -0.4 is 15.2 Å². The van der Waals surface area contributed by atoms with Gasteiger partial charge in [-0.15, -0.1) is 0 Å². The molecule has 2 N–H and O–H groups in total. The van der Waals surface area contributed by atoms with Gasteiger partial charge in [-0.1, -0.05) is 23.7 Å². The number of hydrogen-bond donors (Lipinski definition) is 1. The van der Waals surface area contributed by atoms with E-state index in [4.69, 9.17) is 26.8 Å². The number of nitrogens with zero attached hydrogens (tertiary/aromatic N) is 1.